The van der Waals surface area contributed by atoms with E-state index in [1.54, 1.807) is 14.7 Å². The van der Waals surface area contributed by atoms with E-state index in [2.05, 4.69) is 0 Å². The number of amides is 3. The number of unbranched alkanes of at least 4 members (excludes halogenated alkanes) is 3. The number of anilines is 1. The van der Waals surface area contributed by atoms with Crippen molar-refractivity contribution in [3.8, 4) is 0 Å². The number of aliphatic hydroxyl groups is 1. The number of carbonyl (C=O) groups excluding carboxylic acids is 3. The lowest BCUT2D eigenvalue weighted by molar-refractivity contribution is -0.152. The molecular weight excluding hydrogens is 542 g/mol. The van der Waals surface area contributed by atoms with Gasteiger partial charge in [-0.05, 0) is 37.0 Å². The number of nitrogens with zero attached hydrogens (tertiary/aromatic N) is 3. The fraction of sp³-hybridized carbons (Fsp3) is 0.457. The van der Waals surface area contributed by atoms with Gasteiger partial charge >= 0.3 is 0 Å². The van der Waals surface area contributed by atoms with Crippen LogP contribution in [0.2, 0.25) is 0 Å². The molecule has 43 heavy (non-hydrogen) atoms. The van der Waals surface area contributed by atoms with Crippen molar-refractivity contribution in [2.75, 3.05) is 31.1 Å². The van der Waals surface area contributed by atoms with E-state index >= 15 is 0 Å². The molecule has 6 rings (SSSR count). The van der Waals surface area contributed by atoms with Crippen LogP contribution in [0.3, 0.4) is 0 Å². The Bertz CT molecular complexity index is 1390. The number of ether oxygens (including phenoxy) is 1. The predicted molar refractivity (Wildman–Crippen MR) is 164 cm³/mol. The minimum Gasteiger partial charge on any atom is -0.396 e. The highest BCUT2D eigenvalue weighted by atomic mass is 16.5. The molecule has 0 saturated carbocycles. The number of likely N-dealkylation sites (tertiary alicyclic amines) is 1. The molecule has 3 amide bonds. The van der Waals surface area contributed by atoms with Crippen LogP contribution in [-0.4, -0.2) is 76.1 Å². The van der Waals surface area contributed by atoms with Crippen LogP contribution in [0.1, 0.15) is 44.6 Å². The van der Waals surface area contributed by atoms with Crippen LogP contribution in [0, 0.1) is 11.8 Å². The summed E-state index contributed by atoms with van der Waals surface area (Å²) in [6.07, 6.45) is 11.4. The average Bonchev–Trinajstić information content (AvgIpc) is 3.32. The van der Waals surface area contributed by atoms with Gasteiger partial charge < -0.3 is 24.5 Å². The van der Waals surface area contributed by atoms with E-state index in [0.29, 0.717) is 45.4 Å². The molecule has 1 spiro atoms. The van der Waals surface area contributed by atoms with Crippen LogP contribution >= 0.6 is 0 Å². The Labute approximate surface area is 253 Å². The van der Waals surface area contributed by atoms with Crippen LogP contribution in [0.4, 0.5) is 5.69 Å². The van der Waals surface area contributed by atoms with Crippen molar-refractivity contribution in [2.45, 2.75) is 62.8 Å². The number of rotatable bonds is 10. The SMILES string of the molecule is CC[C@]12C=CCN(c3ccccc3)C(=O)[C@H]1[C@H]1C(=O)N(CCCCCCO)C3C(=O)N(Cc4ccccc4)CC=C[C@@]31O2. The Balaban J connectivity index is 1.41. The molecule has 2 saturated heterocycles. The molecule has 5 atom stereocenters. The smallest absolute Gasteiger partial charge is 0.249 e. The van der Waals surface area contributed by atoms with Gasteiger partial charge in [0.25, 0.3) is 0 Å². The molecule has 0 radical (unpaired) electrons. The van der Waals surface area contributed by atoms with Crippen LogP contribution in [-0.2, 0) is 25.7 Å². The Morgan fingerprint density at radius 1 is 0.814 bits per heavy atom. The van der Waals surface area contributed by atoms with Gasteiger partial charge in [0.05, 0.1) is 17.4 Å². The zero-order valence-electron chi connectivity index (χ0n) is 24.8. The highest BCUT2D eigenvalue weighted by molar-refractivity contribution is 6.04. The number of aliphatic hydroxyl groups excluding tert-OH is 1. The second kappa shape index (κ2) is 12.1. The highest BCUT2D eigenvalue weighted by Crippen LogP contribution is 2.58. The van der Waals surface area contributed by atoms with Crippen molar-refractivity contribution < 1.29 is 24.2 Å². The van der Waals surface area contributed by atoms with E-state index in [-0.39, 0.29) is 24.3 Å². The molecule has 8 heteroatoms. The summed E-state index contributed by atoms with van der Waals surface area (Å²) in [6.45, 7) is 3.72. The van der Waals surface area contributed by atoms with Crippen LogP contribution in [0.5, 0.6) is 0 Å². The molecule has 8 nitrogen and oxygen atoms in total. The van der Waals surface area contributed by atoms with Gasteiger partial charge in [-0.1, -0.05) is 92.6 Å². The van der Waals surface area contributed by atoms with Crippen molar-refractivity contribution in [1.82, 2.24) is 9.80 Å². The monoisotopic (exact) mass is 583 g/mol. The lowest BCUT2D eigenvalue weighted by Crippen LogP contribution is -2.56. The summed E-state index contributed by atoms with van der Waals surface area (Å²) < 4.78 is 7.08. The summed E-state index contributed by atoms with van der Waals surface area (Å²) in [4.78, 5) is 49.0. The largest absolute Gasteiger partial charge is 0.396 e. The first kappa shape index (κ1) is 29.3. The van der Waals surface area contributed by atoms with Crippen molar-refractivity contribution >= 4 is 23.4 Å². The van der Waals surface area contributed by atoms with Gasteiger partial charge in [-0.25, -0.2) is 0 Å². The van der Waals surface area contributed by atoms with Gasteiger partial charge in [0.2, 0.25) is 17.7 Å². The van der Waals surface area contributed by atoms with Gasteiger partial charge in [0, 0.05) is 38.5 Å². The second-order valence-corrected chi connectivity index (χ2v) is 12.1. The Hall–Kier alpha value is -3.75. The molecule has 4 aliphatic rings. The summed E-state index contributed by atoms with van der Waals surface area (Å²) in [5, 5.41) is 9.23. The minimum absolute atomic E-state index is 0.135. The van der Waals surface area contributed by atoms with E-state index in [1.165, 1.54) is 0 Å². The summed E-state index contributed by atoms with van der Waals surface area (Å²) in [5.41, 5.74) is -0.485. The average molecular weight is 584 g/mol. The first-order chi connectivity index (χ1) is 21.0. The number of hydrogen-bond acceptors (Lipinski definition) is 5. The molecule has 2 aromatic rings. The normalized spacial score (nSPS) is 29.9. The highest BCUT2D eigenvalue weighted by Gasteiger charge is 2.75. The zero-order chi connectivity index (χ0) is 30.0. The third-order valence-electron chi connectivity index (χ3n) is 9.61. The summed E-state index contributed by atoms with van der Waals surface area (Å²) >= 11 is 0. The predicted octanol–water partition coefficient (Wildman–Crippen LogP) is 4.10. The van der Waals surface area contributed by atoms with E-state index in [4.69, 9.17) is 4.74 Å². The lowest BCUT2D eigenvalue weighted by Gasteiger charge is -2.38. The molecular formula is C35H41N3O5. The third-order valence-corrected chi connectivity index (χ3v) is 9.61. The van der Waals surface area contributed by atoms with E-state index in [0.717, 1.165) is 24.1 Å². The molecule has 0 aromatic heterocycles. The molecule has 4 aliphatic heterocycles. The van der Waals surface area contributed by atoms with Gasteiger partial charge in [-0.3, -0.25) is 14.4 Å². The van der Waals surface area contributed by atoms with E-state index < -0.39 is 29.1 Å². The van der Waals surface area contributed by atoms with Crippen molar-refractivity contribution in [3.63, 3.8) is 0 Å². The van der Waals surface area contributed by atoms with Gasteiger partial charge in [0.15, 0.2) is 0 Å². The van der Waals surface area contributed by atoms with Gasteiger partial charge in [0.1, 0.15) is 11.6 Å². The zero-order valence-corrected chi connectivity index (χ0v) is 24.8. The quantitative estimate of drug-likeness (QED) is 0.336. The molecule has 0 aliphatic carbocycles. The Morgan fingerprint density at radius 3 is 2.23 bits per heavy atom. The Morgan fingerprint density at radius 2 is 1.51 bits per heavy atom. The van der Waals surface area contributed by atoms with Crippen LogP contribution in [0.25, 0.3) is 0 Å². The maximum atomic E-state index is 14.6. The molecule has 4 heterocycles. The molecule has 2 aromatic carbocycles. The number of hydrogen-bond donors (Lipinski definition) is 1. The first-order valence-electron chi connectivity index (χ1n) is 15.6. The summed E-state index contributed by atoms with van der Waals surface area (Å²) in [7, 11) is 0. The van der Waals surface area contributed by atoms with Gasteiger partial charge in [-0.15, -0.1) is 0 Å². The van der Waals surface area contributed by atoms with Crippen LogP contribution in [0.15, 0.2) is 85.0 Å². The molecule has 1 N–H and O–H groups in total. The topological polar surface area (TPSA) is 90.4 Å². The van der Waals surface area contributed by atoms with Crippen molar-refractivity contribution in [2.24, 2.45) is 11.8 Å². The van der Waals surface area contributed by atoms with Crippen molar-refractivity contribution in [3.05, 3.63) is 90.5 Å². The fourth-order valence-corrected chi connectivity index (χ4v) is 7.58. The number of fused-ring (bicyclic) bond motifs is 2. The summed E-state index contributed by atoms with van der Waals surface area (Å²) in [5.74, 6) is -2.09. The number of para-hydroxylation sites is 1. The second-order valence-electron chi connectivity index (χ2n) is 12.1. The maximum Gasteiger partial charge on any atom is 0.249 e. The summed E-state index contributed by atoms with van der Waals surface area (Å²) in [6, 6.07) is 18.5. The number of benzene rings is 2. The van der Waals surface area contributed by atoms with Crippen molar-refractivity contribution in [1.29, 1.82) is 0 Å². The number of carbonyl (C=O) groups is 3. The fourth-order valence-electron chi connectivity index (χ4n) is 7.58. The van der Waals surface area contributed by atoms with E-state index in [9.17, 15) is 19.5 Å². The molecule has 1 unspecified atom stereocenters. The van der Waals surface area contributed by atoms with Crippen LogP contribution < -0.4 is 4.90 Å². The first-order valence-corrected chi connectivity index (χ1v) is 15.6. The standard InChI is InChI=1S/C35H41N3O5/c1-2-34-19-13-23-37(27-17-9-6-10-18-27)31(40)28(34)29-32(41)38(22-11-3-4-12-24-39)30-33(42)36(21-14-20-35(29,30)43-34)25-26-15-7-5-8-16-26/h5-10,13-20,28-30,39H,2-4,11-12,21-25H2,1H3/t28-,29+,30?,34+,35+/m1/s1. The molecule has 226 valence electrons. The van der Waals surface area contributed by atoms with Gasteiger partial charge in [-0.2, -0.15) is 0 Å². The molecule has 0 bridgehead atoms. The molecule has 2 fully saturated rings. The minimum atomic E-state index is -1.26. The Kier molecular flexibility index (Phi) is 8.25. The van der Waals surface area contributed by atoms with E-state index in [1.807, 2.05) is 91.9 Å². The maximum absolute atomic E-state index is 14.6. The lowest BCUT2D eigenvalue weighted by atomic mass is 9.73. The third kappa shape index (κ3) is 5.00.